The van der Waals surface area contributed by atoms with Gasteiger partial charge in [-0.05, 0) is 59.9 Å². The summed E-state index contributed by atoms with van der Waals surface area (Å²) in [4.78, 5) is 3.70. The Morgan fingerprint density at radius 2 is 1.86 bits per heavy atom. The van der Waals surface area contributed by atoms with E-state index in [9.17, 15) is 8.42 Å². The van der Waals surface area contributed by atoms with E-state index in [1.165, 1.54) is 18.2 Å². The second-order valence-corrected chi connectivity index (χ2v) is 13.0. The van der Waals surface area contributed by atoms with Crippen molar-refractivity contribution >= 4 is 69.2 Å². The minimum Gasteiger partial charge on any atom is -0.224 e. The lowest BCUT2D eigenvalue weighted by Gasteiger charge is -2.12. The molecule has 0 aliphatic heterocycles. The molecule has 0 radical (unpaired) electrons. The largest absolute Gasteiger partial charge is 0.240 e. The van der Waals surface area contributed by atoms with Gasteiger partial charge >= 0.3 is 0 Å². The van der Waals surface area contributed by atoms with E-state index in [2.05, 4.69) is 52.8 Å². The van der Waals surface area contributed by atoms with Crippen molar-refractivity contribution in [3.05, 3.63) is 23.4 Å². The second kappa shape index (κ2) is 4.37. The van der Waals surface area contributed by atoms with E-state index in [4.69, 9.17) is 11.6 Å². The molecule has 0 saturated carbocycles. The highest BCUT2D eigenvalue weighted by Gasteiger charge is 2.38. The summed E-state index contributed by atoms with van der Waals surface area (Å²) in [6.07, 6.45) is 0. The highest BCUT2D eigenvalue weighted by molar-refractivity contribution is 9.42. The molecule has 8 heteroatoms. The highest BCUT2D eigenvalue weighted by atomic mass is 80.0. The van der Waals surface area contributed by atoms with Gasteiger partial charge in [-0.1, -0.05) is 17.7 Å². The van der Waals surface area contributed by atoms with Gasteiger partial charge in [0, 0.05) is 0 Å². The van der Waals surface area contributed by atoms with E-state index in [1.54, 1.807) is 0 Å². The number of hydrogen-bond acceptors (Lipinski definition) is 3. The Balaban J connectivity index is 3.32. The summed E-state index contributed by atoms with van der Waals surface area (Å²) >= 11 is 14.4. The van der Waals surface area contributed by atoms with Crippen molar-refractivity contribution in [1.82, 2.24) is 4.98 Å². The Bertz CT molecular complexity index is 443. The zero-order valence-electron chi connectivity index (χ0n) is 6.42. The summed E-state index contributed by atoms with van der Waals surface area (Å²) in [6.45, 7) is 0. The van der Waals surface area contributed by atoms with Crippen LogP contribution < -0.4 is 0 Å². The van der Waals surface area contributed by atoms with Crippen molar-refractivity contribution in [2.45, 2.75) is 6.50 Å². The minimum atomic E-state index is -3.64. The number of nitrogens with zero attached hydrogens (tertiary/aromatic N) is 1. The topological polar surface area (TPSA) is 47.0 Å². The van der Waals surface area contributed by atoms with Crippen LogP contribution in [0.15, 0.2) is 23.2 Å². The van der Waals surface area contributed by atoms with Gasteiger partial charge in [0.1, 0.15) is 5.15 Å². The third-order valence-corrected chi connectivity index (χ3v) is 6.70. The van der Waals surface area contributed by atoms with E-state index in [-0.39, 0.29) is 10.2 Å². The van der Waals surface area contributed by atoms with Crippen LogP contribution in [0.2, 0.25) is 5.15 Å². The molecule has 14 heavy (non-hydrogen) atoms. The molecule has 1 aromatic rings. The van der Waals surface area contributed by atoms with Crippen LogP contribution in [0.4, 0.5) is 0 Å². The Morgan fingerprint density at radius 3 is 2.29 bits per heavy atom. The van der Waals surface area contributed by atoms with Crippen LogP contribution in [-0.2, 0) is 9.84 Å². The summed E-state index contributed by atoms with van der Waals surface area (Å²) in [7, 11) is -3.64. The molecule has 0 saturated heterocycles. The summed E-state index contributed by atoms with van der Waals surface area (Å²) in [6, 6.07) is 4.37. The fourth-order valence-corrected chi connectivity index (χ4v) is 3.08. The van der Waals surface area contributed by atoms with Crippen molar-refractivity contribution in [3.63, 3.8) is 0 Å². The average Bonchev–Trinajstić information content (AvgIpc) is 2.02. The summed E-state index contributed by atoms with van der Waals surface area (Å²) < 4.78 is 22.1. The van der Waals surface area contributed by atoms with Gasteiger partial charge in [0.05, 0.1) is 0 Å². The first-order chi connectivity index (χ1) is 6.25. The van der Waals surface area contributed by atoms with Gasteiger partial charge in [-0.2, -0.15) is 0 Å². The minimum absolute atomic E-state index is 0.115. The fourth-order valence-electron chi connectivity index (χ4n) is 0.658. The Kier molecular flexibility index (Phi) is 4.02. The number of halogens is 4. The summed E-state index contributed by atoms with van der Waals surface area (Å²) in [5.41, 5.74) is 0. The normalized spacial score (nSPS) is 12.9. The van der Waals surface area contributed by atoms with Crippen LogP contribution in [0.25, 0.3) is 0 Å². The van der Waals surface area contributed by atoms with Crippen LogP contribution in [0, 0.1) is 0 Å². The van der Waals surface area contributed by atoms with Crippen molar-refractivity contribution in [2.24, 2.45) is 0 Å². The van der Waals surface area contributed by atoms with Crippen molar-refractivity contribution in [3.8, 4) is 0 Å². The van der Waals surface area contributed by atoms with E-state index in [0.717, 1.165) is 0 Å². The van der Waals surface area contributed by atoms with Gasteiger partial charge in [0.25, 0.3) is 0 Å². The average molecular weight is 428 g/mol. The Morgan fingerprint density at radius 1 is 1.29 bits per heavy atom. The lowest BCUT2D eigenvalue weighted by Crippen LogP contribution is -2.19. The maximum atomic E-state index is 11.7. The summed E-state index contributed by atoms with van der Waals surface area (Å²) in [5, 5.41) is 0.0125. The summed E-state index contributed by atoms with van der Waals surface area (Å²) in [5.74, 6) is 0. The second-order valence-electron chi connectivity index (χ2n) is 2.25. The van der Waals surface area contributed by atoms with Gasteiger partial charge in [0.15, 0.2) is 5.03 Å². The predicted octanol–water partition coefficient (Wildman–Crippen LogP) is 3.30. The molecule has 1 heterocycles. The van der Waals surface area contributed by atoms with Gasteiger partial charge < -0.3 is 0 Å². The molecule has 0 fully saturated rings. The molecule has 0 atom stereocenters. The quantitative estimate of drug-likeness (QED) is 0.510. The fraction of sp³-hybridized carbons (Fsp3) is 0.167. The van der Waals surface area contributed by atoms with Crippen LogP contribution in [0.1, 0.15) is 0 Å². The molecular formula is C6H3Br3ClNO2S. The van der Waals surface area contributed by atoms with E-state index in [0.29, 0.717) is 0 Å². The molecule has 3 nitrogen and oxygen atoms in total. The van der Waals surface area contributed by atoms with Crippen molar-refractivity contribution < 1.29 is 8.42 Å². The Labute approximate surface area is 112 Å². The smallest absolute Gasteiger partial charge is 0.224 e. The maximum Gasteiger partial charge on any atom is 0.240 e. The molecule has 0 unspecified atom stereocenters. The van der Waals surface area contributed by atoms with Crippen molar-refractivity contribution in [1.29, 1.82) is 0 Å². The highest BCUT2D eigenvalue weighted by Crippen LogP contribution is 2.42. The van der Waals surface area contributed by atoms with Crippen LogP contribution >= 0.6 is 59.4 Å². The van der Waals surface area contributed by atoms with E-state index < -0.39 is 11.3 Å². The lowest BCUT2D eigenvalue weighted by molar-refractivity contribution is 0.595. The van der Waals surface area contributed by atoms with Gasteiger partial charge in [-0.3, -0.25) is 0 Å². The molecule has 1 aromatic heterocycles. The lowest BCUT2D eigenvalue weighted by atomic mass is 10.5. The first-order valence-corrected chi connectivity index (χ1v) is 7.43. The van der Waals surface area contributed by atoms with Crippen molar-refractivity contribution in [2.75, 3.05) is 0 Å². The van der Waals surface area contributed by atoms with E-state index >= 15 is 0 Å². The van der Waals surface area contributed by atoms with E-state index in [1.807, 2.05) is 0 Å². The monoisotopic (exact) mass is 425 g/mol. The molecule has 78 valence electrons. The molecular weight excluding hydrogens is 425 g/mol. The SMILES string of the molecule is O=S(=O)(c1cccc(Cl)n1)C(Br)(Br)Br. The first-order valence-electron chi connectivity index (χ1n) is 3.19. The molecule has 0 aliphatic carbocycles. The van der Waals surface area contributed by atoms with Crippen LogP contribution in [0.5, 0.6) is 0 Å². The molecule has 1 rings (SSSR count). The zero-order chi connectivity index (χ0) is 11.0. The standard InChI is InChI=1S/C6H3Br3ClNO2S/c7-6(8,9)14(12,13)5-3-1-2-4(10)11-5/h1-3H. The molecule has 0 spiro atoms. The molecule has 0 bridgehead atoms. The number of aromatic nitrogens is 1. The molecule has 0 aromatic carbocycles. The maximum absolute atomic E-state index is 11.7. The Hall–Kier alpha value is 0.830. The predicted molar refractivity (Wildman–Crippen MR) is 65.9 cm³/mol. The molecule has 0 aliphatic rings. The molecule has 0 N–H and O–H groups in total. The van der Waals surface area contributed by atoms with Gasteiger partial charge in [-0.15, -0.1) is 0 Å². The van der Waals surface area contributed by atoms with Gasteiger partial charge in [0.2, 0.25) is 11.3 Å². The number of sulfone groups is 1. The number of hydrogen-bond donors (Lipinski definition) is 0. The van der Waals surface area contributed by atoms with Crippen LogP contribution in [-0.4, -0.2) is 14.9 Å². The zero-order valence-corrected chi connectivity index (χ0v) is 12.7. The van der Waals surface area contributed by atoms with Gasteiger partial charge in [-0.25, -0.2) is 13.4 Å². The number of alkyl halides is 3. The third kappa shape index (κ3) is 2.69. The first kappa shape index (κ1) is 12.9. The molecule has 0 amide bonds. The number of pyridine rings is 1. The third-order valence-electron chi connectivity index (χ3n) is 1.27. The van der Waals surface area contributed by atoms with Crippen LogP contribution in [0.3, 0.4) is 0 Å². The number of rotatable bonds is 1.